The summed E-state index contributed by atoms with van der Waals surface area (Å²) in [5.41, 5.74) is 1.55. The molecule has 9 heteroatoms. The molecule has 30 heavy (non-hydrogen) atoms. The lowest BCUT2D eigenvalue weighted by atomic mass is 9.82. The van der Waals surface area contributed by atoms with E-state index in [-0.39, 0.29) is 6.54 Å². The first-order valence-electron chi connectivity index (χ1n) is 10.2. The van der Waals surface area contributed by atoms with Crippen molar-refractivity contribution < 1.29 is 22.1 Å². The smallest absolute Gasteiger partial charge is 0.211 e. The van der Waals surface area contributed by atoms with Gasteiger partial charge in [0.15, 0.2) is 0 Å². The van der Waals surface area contributed by atoms with E-state index in [2.05, 4.69) is 10.5 Å². The molecular weight excluding hydrogens is 409 g/mol. The van der Waals surface area contributed by atoms with Crippen LogP contribution in [-0.2, 0) is 33.4 Å². The second kappa shape index (κ2) is 9.55. The van der Waals surface area contributed by atoms with Gasteiger partial charge >= 0.3 is 0 Å². The summed E-state index contributed by atoms with van der Waals surface area (Å²) in [5, 5.41) is 7.56. The Morgan fingerprint density at radius 2 is 2.00 bits per heavy atom. The van der Waals surface area contributed by atoms with Crippen LogP contribution in [0.2, 0.25) is 0 Å². The maximum absolute atomic E-state index is 15.0. The van der Waals surface area contributed by atoms with Gasteiger partial charge in [0.05, 0.1) is 11.9 Å². The van der Waals surface area contributed by atoms with E-state index in [9.17, 15) is 8.42 Å². The van der Waals surface area contributed by atoms with E-state index in [1.165, 1.54) is 10.4 Å². The quantitative estimate of drug-likeness (QED) is 0.646. The van der Waals surface area contributed by atoms with Gasteiger partial charge in [-0.2, -0.15) is 4.31 Å². The molecule has 2 heterocycles. The summed E-state index contributed by atoms with van der Waals surface area (Å²) in [4.78, 5) is 0. The summed E-state index contributed by atoms with van der Waals surface area (Å²) in [6.45, 7) is 5.78. The number of hydrogen-bond acceptors (Lipinski definition) is 6. The van der Waals surface area contributed by atoms with Crippen LogP contribution in [0.25, 0.3) is 0 Å². The van der Waals surface area contributed by atoms with Gasteiger partial charge in [-0.15, -0.1) is 0 Å². The first kappa shape index (κ1) is 22.9. The van der Waals surface area contributed by atoms with Gasteiger partial charge in [0, 0.05) is 50.0 Å². The molecular formula is C21H30FN3O4S. The highest BCUT2D eigenvalue weighted by Crippen LogP contribution is 2.33. The molecule has 0 radical (unpaired) electrons. The van der Waals surface area contributed by atoms with Crippen LogP contribution < -0.4 is 5.32 Å². The van der Waals surface area contributed by atoms with Crippen molar-refractivity contribution in [2.75, 3.05) is 26.0 Å². The summed E-state index contributed by atoms with van der Waals surface area (Å²) in [6, 6.07) is 6.97. The molecule has 0 bridgehead atoms. The van der Waals surface area contributed by atoms with E-state index in [0.717, 1.165) is 23.3 Å². The molecule has 166 valence electrons. The second-order valence-corrected chi connectivity index (χ2v) is 9.86. The Hall–Kier alpha value is -1.81. The number of ether oxygens (including phenoxy) is 1. The van der Waals surface area contributed by atoms with Gasteiger partial charge < -0.3 is 14.6 Å². The standard InChI is InChI=1S/C21H30FN3O4S/c1-4-9-25(30(3,26)27)15-17-5-6-18(13-20(17)22)21(7-10-28-11-8-21)23-14-19-12-16(2)29-24-19/h5-6,12-13,23H,4,7-11,14-15H2,1-3H3. The van der Waals surface area contributed by atoms with Crippen molar-refractivity contribution in [1.29, 1.82) is 0 Å². The Labute approximate surface area is 177 Å². The first-order chi connectivity index (χ1) is 14.2. The van der Waals surface area contributed by atoms with Gasteiger partial charge in [-0.3, -0.25) is 0 Å². The molecule has 1 saturated heterocycles. The summed E-state index contributed by atoms with van der Waals surface area (Å²) < 4.78 is 51.0. The van der Waals surface area contributed by atoms with Crippen LogP contribution in [0.4, 0.5) is 4.39 Å². The van der Waals surface area contributed by atoms with Crippen molar-refractivity contribution in [2.45, 2.75) is 51.7 Å². The van der Waals surface area contributed by atoms with Crippen LogP contribution >= 0.6 is 0 Å². The average Bonchev–Trinajstić information content (AvgIpc) is 3.12. The Kier molecular flexibility index (Phi) is 7.28. The van der Waals surface area contributed by atoms with Crippen LogP contribution in [0.1, 0.15) is 48.8 Å². The van der Waals surface area contributed by atoms with Crippen LogP contribution in [0.15, 0.2) is 28.8 Å². The summed E-state index contributed by atoms with van der Waals surface area (Å²) in [6.07, 6.45) is 3.23. The van der Waals surface area contributed by atoms with Crippen LogP contribution in [0, 0.1) is 12.7 Å². The second-order valence-electron chi connectivity index (χ2n) is 7.88. The SMILES string of the molecule is CCCN(Cc1ccc(C2(NCc3cc(C)on3)CCOCC2)cc1F)S(C)(=O)=O. The third-order valence-electron chi connectivity index (χ3n) is 5.53. The minimum Gasteiger partial charge on any atom is -0.381 e. The van der Waals surface area contributed by atoms with Crippen LogP contribution in [-0.4, -0.2) is 43.9 Å². The van der Waals surface area contributed by atoms with Crippen LogP contribution in [0.3, 0.4) is 0 Å². The van der Waals surface area contributed by atoms with E-state index in [1.807, 2.05) is 26.0 Å². The van der Waals surface area contributed by atoms with E-state index in [1.54, 1.807) is 6.07 Å². The van der Waals surface area contributed by atoms with Gasteiger partial charge in [-0.05, 0) is 37.8 Å². The molecule has 1 fully saturated rings. The van der Waals surface area contributed by atoms with Gasteiger partial charge in [0.2, 0.25) is 10.0 Å². The van der Waals surface area contributed by atoms with Crippen molar-refractivity contribution in [3.8, 4) is 0 Å². The normalized spacial score (nSPS) is 16.8. The number of halogens is 1. The molecule has 0 unspecified atom stereocenters. The molecule has 0 saturated carbocycles. The summed E-state index contributed by atoms with van der Waals surface area (Å²) >= 11 is 0. The lowest BCUT2D eigenvalue weighted by Crippen LogP contribution is -2.46. The lowest BCUT2D eigenvalue weighted by Gasteiger charge is -2.39. The molecule has 3 rings (SSSR count). The highest BCUT2D eigenvalue weighted by molar-refractivity contribution is 7.88. The Bertz CT molecular complexity index is 955. The molecule has 1 aromatic heterocycles. The third-order valence-corrected chi connectivity index (χ3v) is 6.78. The Morgan fingerprint density at radius 1 is 1.27 bits per heavy atom. The molecule has 7 nitrogen and oxygen atoms in total. The largest absolute Gasteiger partial charge is 0.381 e. The van der Waals surface area contributed by atoms with E-state index >= 15 is 4.39 Å². The maximum Gasteiger partial charge on any atom is 0.211 e. The monoisotopic (exact) mass is 439 g/mol. The topological polar surface area (TPSA) is 84.7 Å². The average molecular weight is 440 g/mol. The Morgan fingerprint density at radius 3 is 2.57 bits per heavy atom. The molecule has 1 aromatic carbocycles. The van der Waals surface area contributed by atoms with Gasteiger partial charge in [0.1, 0.15) is 11.6 Å². The zero-order chi connectivity index (χ0) is 21.8. The number of nitrogens with one attached hydrogen (secondary N) is 1. The predicted octanol–water partition coefficient (Wildman–Crippen LogP) is 3.09. The highest BCUT2D eigenvalue weighted by atomic mass is 32.2. The molecule has 0 spiro atoms. The highest BCUT2D eigenvalue weighted by Gasteiger charge is 2.35. The fourth-order valence-corrected chi connectivity index (χ4v) is 4.71. The molecule has 0 aliphatic carbocycles. The van der Waals surface area contributed by atoms with Gasteiger partial charge in [-0.25, -0.2) is 12.8 Å². The number of rotatable bonds is 9. The number of hydrogen-bond donors (Lipinski definition) is 1. The van der Waals surface area contributed by atoms with Crippen LogP contribution in [0.5, 0.6) is 0 Å². The van der Waals surface area contributed by atoms with E-state index in [0.29, 0.717) is 51.1 Å². The van der Waals surface area contributed by atoms with Gasteiger partial charge in [0.25, 0.3) is 0 Å². The lowest BCUT2D eigenvalue weighted by molar-refractivity contribution is 0.0354. The third kappa shape index (κ3) is 5.46. The molecule has 0 amide bonds. The molecule has 1 aliphatic rings. The summed E-state index contributed by atoms with van der Waals surface area (Å²) in [5.74, 6) is 0.341. The first-order valence-corrected chi connectivity index (χ1v) is 12.1. The number of sulfonamides is 1. The van der Waals surface area contributed by atoms with Gasteiger partial charge in [-0.1, -0.05) is 24.2 Å². The zero-order valence-corrected chi connectivity index (χ0v) is 18.6. The predicted molar refractivity (Wildman–Crippen MR) is 112 cm³/mol. The number of aryl methyl sites for hydroxylation is 1. The van der Waals surface area contributed by atoms with Crippen molar-refractivity contribution in [2.24, 2.45) is 0 Å². The number of aromatic nitrogens is 1. The van der Waals surface area contributed by atoms with Crippen molar-refractivity contribution in [1.82, 2.24) is 14.8 Å². The zero-order valence-electron chi connectivity index (χ0n) is 17.8. The maximum atomic E-state index is 15.0. The molecule has 0 atom stereocenters. The molecule has 1 N–H and O–H groups in total. The molecule has 2 aromatic rings. The van der Waals surface area contributed by atoms with Crippen molar-refractivity contribution in [3.05, 3.63) is 52.7 Å². The fourth-order valence-electron chi connectivity index (χ4n) is 3.82. The molecule has 1 aliphatic heterocycles. The minimum absolute atomic E-state index is 0.0283. The van der Waals surface area contributed by atoms with E-state index in [4.69, 9.17) is 9.26 Å². The Balaban J connectivity index is 1.83. The summed E-state index contributed by atoms with van der Waals surface area (Å²) in [7, 11) is -3.40. The fraction of sp³-hybridized carbons (Fsp3) is 0.571. The van der Waals surface area contributed by atoms with E-state index < -0.39 is 21.4 Å². The number of nitrogens with zero attached hydrogens (tertiary/aromatic N) is 2. The minimum atomic E-state index is -3.40. The van der Waals surface area contributed by atoms with Crippen molar-refractivity contribution in [3.63, 3.8) is 0 Å². The number of benzene rings is 1. The van der Waals surface area contributed by atoms with Crippen molar-refractivity contribution >= 4 is 10.0 Å².